The molecule has 0 saturated heterocycles. The quantitative estimate of drug-likeness (QED) is 0.281. The molecule has 0 radical (unpaired) electrons. The highest BCUT2D eigenvalue weighted by Gasteiger charge is 2.24. The average Bonchev–Trinajstić information content (AvgIpc) is 2.82. The Kier molecular flexibility index (Phi) is 15.8. The van der Waals surface area contributed by atoms with Crippen molar-refractivity contribution in [3.63, 3.8) is 0 Å². The van der Waals surface area contributed by atoms with Gasteiger partial charge in [0.25, 0.3) is 0 Å². The molecule has 1 amide bonds. The fourth-order valence-electron chi connectivity index (χ4n) is 2.66. The summed E-state index contributed by atoms with van der Waals surface area (Å²) in [6, 6.07) is 16.1. The predicted molar refractivity (Wildman–Crippen MR) is 134 cm³/mol. The van der Waals surface area contributed by atoms with Gasteiger partial charge in [0.1, 0.15) is 6.04 Å². The smallest absolute Gasteiger partial charge is 0.328 e. The first-order valence-electron chi connectivity index (χ1n) is 11.4. The number of aliphatic hydroxyl groups excluding tert-OH is 1. The first-order chi connectivity index (χ1) is 16.9. The van der Waals surface area contributed by atoms with Crippen LogP contribution in [0.2, 0.25) is 0 Å². The van der Waals surface area contributed by atoms with Gasteiger partial charge in [-0.1, -0.05) is 80.9 Å². The van der Waals surface area contributed by atoms with Gasteiger partial charge < -0.3 is 31.5 Å². The van der Waals surface area contributed by atoms with Crippen LogP contribution in [0.5, 0.6) is 0 Å². The molecule has 0 aliphatic heterocycles. The van der Waals surface area contributed by atoms with Crippen LogP contribution in [-0.2, 0) is 32.0 Å². The van der Waals surface area contributed by atoms with Crippen LogP contribution in [0.1, 0.15) is 38.3 Å². The molecule has 0 saturated carbocycles. The van der Waals surface area contributed by atoms with Gasteiger partial charge in [-0.15, -0.1) is 0 Å². The van der Waals surface area contributed by atoms with Crippen molar-refractivity contribution in [2.24, 2.45) is 11.7 Å². The van der Waals surface area contributed by atoms with Crippen molar-refractivity contribution < 1.29 is 39.6 Å². The number of aliphatic carboxylic acids is 3. The maximum Gasteiger partial charge on any atom is 0.328 e. The number of carbonyl (C=O) groups is 4. The minimum atomic E-state index is -1.27. The van der Waals surface area contributed by atoms with Crippen molar-refractivity contribution in [3.05, 3.63) is 71.8 Å². The molecule has 0 aliphatic rings. The molecule has 36 heavy (non-hydrogen) atoms. The molecule has 0 fully saturated rings. The number of benzene rings is 2. The molecule has 10 nitrogen and oxygen atoms in total. The third-order valence-corrected chi connectivity index (χ3v) is 5.01. The zero-order chi connectivity index (χ0) is 27.7. The first-order valence-corrected chi connectivity index (χ1v) is 11.4. The van der Waals surface area contributed by atoms with Gasteiger partial charge in [-0.2, -0.15) is 0 Å². The third kappa shape index (κ3) is 14.5. The molecule has 2 aromatic rings. The lowest BCUT2D eigenvalue weighted by molar-refractivity contribution is -0.144. The number of nitrogens with two attached hydrogens (primary N) is 1. The fourth-order valence-corrected chi connectivity index (χ4v) is 2.66. The van der Waals surface area contributed by atoms with Gasteiger partial charge >= 0.3 is 17.9 Å². The van der Waals surface area contributed by atoms with E-state index in [-0.39, 0.29) is 18.8 Å². The summed E-state index contributed by atoms with van der Waals surface area (Å²) in [6.07, 6.45) is -0.113. The molecule has 7 N–H and O–H groups in total. The van der Waals surface area contributed by atoms with E-state index in [0.717, 1.165) is 17.5 Å². The molecule has 0 aliphatic carbocycles. The number of carbonyl (C=O) groups excluding carboxylic acids is 1. The lowest BCUT2D eigenvalue weighted by Gasteiger charge is -2.16. The number of hydrogen-bond acceptors (Lipinski definition) is 6. The van der Waals surface area contributed by atoms with Gasteiger partial charge in [0.15, 0.2) is 6.04 Å². The summed E-state index contributed by atoms with van der Waals surface area (Å²) >= 11 is 0. The Bertz CT molecular complexity index is 935. The second kappa shape index (κ2) is 17.6. The van der Waals surface area contributed by atoms with E-state index in [1.165, 1.54) is 6.92 Å². The van der Waals surface area contributed by atoms with E-state index in [1.54, 1.807) is 36.4 Å². The van der Waals surface area contributed by atoms with E-state index < -0.39 is 42.0 Å². The summed E-state index contributed by atoms with van der Waals surface area (Å²) in [5.41, 5.74) is 6.90. The Morgan fingerprint density at radius 2 is 1.25 bits per heavy atom. The Labute approximate surface area is 210 Å². The Balaban J connectivity index is 0.000000551. The first kappa shape index (κ1) is 32.2. The Morgan fingerprint density at radius 3 is 1.56 bits per heavy atom. The molecule has 2 aromatic carbocycles. The lowest BCUT2D eigenvalue weighted by Crippen LogP contribution is -2.48. The molecule has 0 unspecified atom stereocenters. The van der Waals surface area contributed by atoms with Crippen molar-refractivity contribution in [3.8, 4) is 0 Å². The molecule has 10 heteroatoms. The predicted octanol–water partition coefficient (Wildman–Crippen LogP) is 1.94. The van der Waals surface area contributed by atoms with E-state index in [2.05, 4.69) is 5.32 Å². The summed E-state index contributed by atoms with van der Waals surface area (Å²) in [7, 11) is 0. The number of carboxylic acids is 3. The van der Waals surface area contributed by atoms with E-state index >= 15 is 0 Å². The highest BCUT2D eigenvalue weighted by atomic mass is 16.4. The molecule has 2 rings (SSSR count). The largest absolute Gasteiger partial charge is 0.481 e. The topological polar surface area (TPSA) is 187 Å². The van der Waals surface area contributed by atoms with Crippen LogP contribution >= 0.6 is 0 Å². The van der Waals surface area contributed by atoms with Crippen LogP contribution in [0.3, 0.4) is 0 Å². The van der Waals surface area contributed by atoms with Crippen LogP contribution in [0.4, 0.5) is 0 Å². The molecular weight excluding hydrogens is 468 g/mol. The van der Waals surface area contributed by atoms with Gasteiger partial charge in [0, 0.05) is 0 Å². The van der Waals surface area contributed by atoms with Crippen LogP contribution < -0.4 is 11.1 Å². The molecular formula is C26H36N2O8. The monoisotopic (exact) mass is 504 g/mol. The minimum absolute atomic E-state index is 0.0718. The van der Waals surface area contributed by atoms with Crippen molar-refractivity contribution >= 4 is 23.8 Å². The molecule has 0 heterocycles. The van der Waals surface area contributed by atoms with Crippen LogP contribution in [0.15, 0.2) is 60.7 Å². The van der Waals surface area contributed by atoms with Crippen LogP contribution in [-0.4, -0.2) is 62.4 Å². The zero-order valence-electron chi connectivity index (χ0n) is 20.7. The van der Waals surface area contributed by atoms with E-state index in [1.807, 2.05) is 38.1 Å². The van der Waals surface area contributed by atoms with Gasteiger partial charge in [-0.3, -0.25) is 14.4 Å². The maximum atomic E-state index is 11.5. The van der Waals surface area contributed by atoms with Crippen molar-refractivity contribution in [1.82, 2.24) is 5.32 Å². The van der Waals surface area contributed by atoms with E-state index in [9.17, 15) is 24.3 Å². The summed E-state index contributed by atoms with van der Waals surface area (Å²) in [5.74, 6) is -3.30. The number of hydrogen-bond donors (Lipinski definition) is 6. The number of rotatable bonds is 10. The second-order valence-corrected chi connectivity index (χ2v) is 8.09. The molecule has 0 spiro atoms. The molecule has 4 atom stereocenters. The Morgan fingerprint density at radius 1 is 0.806 bits per heavy atom. The van der Waals surface area contributed by atoms with E-state index in [0.29, 0.717) is 0 Å². The minimum Gasteiger partial charge on any atom is -0.481 e. The Hall–Kier alpha value is -3.76. The number of carboxylic acid groups (broad SMARTS) is 3. The van der Waals surface area contributed by atoms with Gasteiger partial charge in [0.05, 0.1) is 18.9 Å². The summed E-state index contributed by atoms with van der Waals surface area (Å²) in [5, 5.41) is 37.0. The van der Waals surface area contributed by atoms with Crippen molar-refractivity contribution in [2.75, 3.05) is 0 Å². The molecule has 0 aromatic heterocycles. The fraction of sp³-hybridized carbons (Fsp3) is 0.385. The van der Waals surface area contributed by atoms with Gasteiger partial charge in [-0.05, 0) is 24.0 Å². The van der Waals surface area contributed by atoms with Crippen LogP contribution in [0, 0.1) is 5.92 Å². The molecule has 198 valence electrons. The SMILES string of the molecule is CC[C@H](C)[C@H](N)C(=O)O.C[C@H](O)[C@H](NC(=O)Cc1ccccc1)C(=O)O.O=C(O)Cc1ccccc1. The standard InChI is InChI=1S/C12H15NO4.C8H8O2.C6H13NO2/c1-8(14)11(12(16)17)13-10(15)7-9-5-3-2-4-6-9;9-8(10)6-7-4-2-1-3-5-7;1-3-4(2)5(7)6(8)9/h2-6,8,11,14H,7H2,1H3,(H,13,15)(H,16,17);1-5H,6H2,(H,9,10);4-5H,3,7H2,1-2H3,(H,8,9)/t8-,11-;;4-,5-/m0.0/s1. The second-order valence-electron chi connectivity index (χ2n) is 8.09. The van der Waals surface area contributed by atoms with E-state index in [4.69, 9.17) is 21.1 Å². The highest BCUT2D eigenvalue weighted by Crippen LogP contribution is 2.04. The van der Waals surface area contributed by atoms with Crippen molar-refractivity contribution in [2.45, 2.75) is 58.2 Å². The van der Waals surface area contributed by atoms with Crippen LogP contribution in [0.25, 0.3) is 0 Å². The summed E-state index contributed by atoms with van der Waals surface area (Å²) < 4.78 is 0. The lowest BCUT2D eigenvalue weighted by atomic mass is 10.0. The number of amides is 1. The third-order valence-electron chi connectivity index (χ3n) is 5.01. The highest BCUT2D eigenvalue weighted by molar-refractivity contribution is 5.85. The van der Waals surface area contributed by atoms with Crippen molar-refractivity contribution in [1.29, 1.82) is 0 Å². The summed E-state index contributed by atoms with van der Waals surface area (Å²) in [4.78, 5) is 42.6. The number of aliphatic hydroxyl groups is 1. The summed E-state index contributed by atoms with van der Waals surface area (Å²) in [6.45, 7) is 5.08. The van der Waals surface area contributed by atoms with Gasteiger partial charge in [0.2, 0.25) is 5.91 Å². The average molecular weight is 505 g/mol. The number of nitrogens with one attached hydrogen (secondary N) is 1. The maximum absolute atomic E-state index is 11.5. The normalized spacial score (nSPS) is 13.2. The molecule has 0 bridgehead atoms. The van der Waals surface area contributed by atoms with Gasteiger partial charge in [-0.25, -0.2) is 4.79 Å². The zero-order valence-corrected chi connectivity index (χ0v) is 20.7.